The Labute approximate surface area is 115 Å². The lowest BCUT2D eigenvalue weighted by molar-refractivity contribution is 0.490. The van der Waals surface area contributed by atoms with Crippen LogP contribution in [0.25, 0.3) is 5.69 Å². The van der Waals surface area contributed by atoms with Crippen molar-refractivity contribution in [2.24, 2.45) is 0 Å². The molecular formula is C16H23N3. The van der Waals surface area contributed by atoms with E-state index in [4.69, 9.17) is 0 Å². The molecule has 0 amide bonds. The lowest BCUT2D eigenvalue weighted by Gasteiger charge is -2.18. The molecule has 0 radical (unpaired) electrons. The van der Waals surface area contributed by atoms with E-state index in [0.717, 1.165) is 12.1 Å². The fourth-order valence-electron chi connectivity index (χ4n) is 2.40. The molecule has 0 aliphatic heterocycles. The molecule has 3 nitrogen and oxygen atoms in total. The lowest BCUT2D eigenvalue weighted by Crippen LogP contribution is -2.20. The van der Waals surface area contributed by atoms with Gasteiger partial charge >= 0.3 is 0 Å². The van der Waals surface area contributed by atoms with Crippen LogP contribution in [-0.2, 0) is 0 Å². The molecule has 1 unspecified atom stereocenters. The van der Waals surface area contributed by atoms with E-state index in [-0.39, 0.29) is 0 Å². The largest absolute Gasteiger partial charge is 0.312 e. The second-order valence-corrected chi connectivity index (χ2v) is 4.84. The van der Waals surface area contributed by atoms with E-state index in [2.05, 4.69) is 35.5 Å². The van der Waals surface area contributed by atoms with Crippen LogP contribution in [0.2, 0.25) is 0 Å². The summed E-state index contributed by atoms with van der Waals surface area (Å²) in [6.07, 6.45) is 6.84. The Hall–Kier alpha value is -1.61. The number of unbranched alkanes of at least 4 members (excludes halogenated alkanes) is 2. The Morgan fingerprint density at radius 2 is 1.95 bits per heavy atom. The molecule has 1 aromatic carbocycles. The predicted molar refractivity (Wildman–Crippen MR) is 79.5 cm³/mol. The zero-order valence-corrected chi connectivity index (χ0v) is 11.8. The standard InChI is InChI=1S/C16H23N3/c1-3-4-6-11-15(17-2)16-12-13-18-19(16)14-9-7-5-8-10-14/h5,7-10,12-13,15,17H,3-4,6,11H2,1-2H3. The van der Waals surface area contributed by atoms with Crippen LogP contribution in [-0.4, -0.2) is 16.8 Å². The highest BCUT2D eigenvalue weighted by molar-refractivity contribution is 5.33. The molecule has 1 heterocycles. The smallest absolute Gasteiger partial charge is 0.0649 e. The third kappa shape index (κ3) is 3.44. The van der Waals surface area contributed by atoms with Crippen molar-refractivity contribution in [2.75, 3.05) is 7.05 Å². The van der Waals surface area contributed by atoms with Crippen molar-refractivity contribution < 1.29 is 0 Å². The van der Waals surface area contributed by atoms with Gasteiger partial charge in [0.15, 0.2) is 0 Å². The normalized spacial score (nSPS) is 12.5. The lowest BCUT2D eigenvalue weighted by atomic mass is 10.1. The molecule has 19 heavy (non-hydrogen) atoms. The van der Waals surface area contributed by atoms with E-state index >= 15 is 0 Å². The Morgan fingerprint density at radius 1 is 1.16 bits per heavy atom. The minimum Gasteiger partial charge on any atom is -0.312 e. The van der Waals surface area contributed by atoms with E-state index in [0.29, 0.717) is 6.04 Å². The van der Waals surface area contributed by atoms with Crippen molar-refractivity contribution in [3.05, 3.63) is 48.3 Å². The van der Waals surface area contributed by atoms with Gasteiger partial charge in [0.2, 0.25) is 0 Å². The maximum atomic E-state index is 4.46. The number of rotatable bonds is 7. The molecule has 1 atom stereocenters. The first-order valence-corrected chi connectivity index (χ1v) is 7.13. The molecule has 0 fully saturated rings. The van der Waals surface area contributed by atoms with Crippen molar-refractivity contribution in [3.8, 4) is 5.69 Å². The fourth-order valence-corrected chi connectivity index (χ4v) is 2.40. The topological polar surface area (TPSA) is 29.9 Å². The molecule has 0 spiro atoms. The van der Waals surface area contributed by atoms with Crippen LogP contribution in [0.3, 0.4) is 0 Å². The van der Waals surface area contributed by atoms with Crippen molar-refractivity contribution in [3.63, 3.8) is 0 Å². The van der Waals surface area contributed by atoms with Gasteiger partial charge in [0.05, 0.1) is 11.4 Å². The second-order valence-electron chi connectivity index (χ2n) is 4.84. The maximum Gasteiger partial charge on any atom is 0.0649 e. The van der Waals surface area contributed by atoms with E-state index < -0.39 is 0 Å². The summed E-state index contributed by atoms with van der Waals surface area (Å²) < 4.78 is 2.03. The maximum absolute atomic E-state index is 4.46. The first-order valence-electron chi connectivity index (χ1n) is 7.13. The summed E-state index contributed by atoms with van der Waals surface area (Å²) in [5, 5.41) is 7.87. The molecule has 102 valence electrons. The molecule has 0 aliphatic rings. The number of aromatic nitrogens is 2. The van der Waals surface area contributed by atoms with Gasteiger partial charge in [-0.05, 0) is 31.7 Å². The number of nitrogens with one attached hydrogen (secondary N) is 1. The summed E-state index contributed by atoms with van der Waals surface area (Å²) in [6.45, 7) is 2.24. The zero-order chi connectivity index (χ0) is 13.5. The second kappa shape index (κ2) is 7.10. The van der Waals surface area contributed by atoms with Gasteiger partial charge in [-0.1, -0.05) is 44.4 Å². The molecule has 1 N–H and O–H groups in total. The summed E-state index contributed by atoms with van der Waals surface area (Å²) in [6, 6.07) is 12.8. The fraction of sp³-hybridized carbons (Fsp3) is 0.438. The van der Waals surface area contributed by atoms with Crippen LogP contribution in [0.15, 0.2) is 42.6 Å². The van der Waals surface area contributed by atoms with Gasteiger partial charge in [0.25, 0.3) is 0 Å². The van der Waals surface area contributed by atoms with Crippen LogP contribution in [0.4, 0.5) is 0 Å². The third-order valence-electron chi connectivity index (χ3n) is 3.47. The Balaban J connectivity index is 2.18. The molecule has 0 bridgehead atoms. The van der Waals surface area contributed by atoms with Crippen LogP contribution in [0.1, 0.15) is 44.3 Å². The molecule has 0 aliphatic carbocycles. The molecule has 3 heteroatoms. The van der Waals surface area contributed by atoms with Crippen molar-refractivity contribution in [1.82, 2.24) is 15.1 Å². The minimum absolute atomic E-state index is 0.370. The quantitative estimate of drug-likeness (QED) is 0.766. The SMILES string of the molecule is CCCCCC(NC)c1ccnn1-c1ccccc1. The van der Waals surface area contributed by atoms with Crippen molar-refractivity contribution >= 4 is 0 Å². The summed E-state index contributed by atoms with van der Waals surface area (Å²) in [5.74, 6) is 0. The number of para-hydroxylation sites is 1. The van der Waals surface area contributed by atoms with Crippen LogP contribution < -0.4 is 5.32 Å². The highest BCUT2D eigenvalue weighted by Gasteiger charge is 2.14. The van der Waals surface area contributed by atoms with Gasteiger partial charge < -0.3 is 5.32 Å². The van der Waals surface area contributed by atoms with Gasteiger partial charge in [0.1, 0.15) is 0 Å². The molecule has 2 aromatic rings. The van der Waals surface area contributed by atoms with E-state index in [9.17, 15) is 0 Å². The Kier molecular flexibility index (Phi) is 5.16. The van der Waals surface area contributed by atoms with Crippen LogP contribution in [0, 0.1) is 0 Å². The van der Waals surface area contributed by atoms with Crippen LogP contribution in [0.5, 0.6) is 0 Å². The van der Waals surface area contributed by atoms with E-state index in [1.54, 1.807) is 0 Å². The average Bonchev–Trinajstić information content (AvgIpc) is 2.94. The van der Waals surface area contributed by atoms with Crippen molar-refractivity contribution in [1.29, 1.82) is 0 Å². The molecule has 2 rings (SSSR count). The highest BCUT2D eigenvalue weighted by atomic mass is 15.3. The minimum atomic E-state index is 0.370. The predicted octanol–water partition coefficient (Wildman–Crippen LogP) is 3.71. The summed E-state index contributed by atoms with van der Waals surface area (Å²) >= 11 is 0. The molecule has 0 saturated heterocycles. The van der Waals surface area contributed by atoms with Gasteiger partial charge in [0, 0.05) is 12.2 Å². The molecular weight excluding hydrogens is 234 g/mol. The number of hydrogen-bond acceptors (Lipinski definition) is 2. The van der Waals surface area contributed by atoms with Gasteiger partial charge in [-0.15, -0.1) is 0 Å². The van der Waals surface area contributed by atoms with Gasteiger partial charge in [-0.25, -0.2) is 4.68 Å². The van der Waals surface area contributed by atoms with E-state index in [1.165, 1.54) is 25.0 Å². The Bertz CT molecular complexity index is 476. The average molecular weight is 257 g/mol. The summed E-state index contributed by atoms with van der Waals surface area (Å²) in [7, 11) is 2.03. The summed E-state index contributed by atoms with van der Waals surface area (Å²) in [4.78, 5) is 0. The first-order chi connectivity index (χ1) is 9.36. The number of nitrogens with zero attached hydrogens (tertiary/aromatic N) is 2. The molecule has 0 saturated carbocycles. The monoisotopic (exact) mass is 257 g/mol. The van der Waals surface area contributed by atoms with Crippen molar-refractivity contribution in [2.45, 2.75) is 38.6 Å². The van der Waals surface area contributed by atoms with E-state index in [1.807, 2.05) is 36.1 Å². The molecule has 1 aromatic heterocycles. The van der Waals surface area contributed by atoms with Gasteiger partial charge in [-0.3, -0.25) is 0 Å². The van der Waals surface area contributed by atoms with Crippen LogP contribution >= 0.6 is 0 Å². The van der Waals surface area contributed by atoms with Gasteiger partial charge in [-0.2, -0.15) is 5.10 Å². The number of hydrogen-bond donors (Lipinski definition) is 1. The number of benzene rings is 1. The zero-order valence-electron chi connectivity index (χ0n) is 11.8. The summed E-state index contributed by atoms with van der Waals surface area (Å²) in [5.41, 5.74) is 2.36. The first kappa shape index (κ1) is 13.8. The Morgan fingerprint density at radius 3 is 2.63 bits per heavy atom. The third-order valence-corrected chi connectivity index (χ3v) is 3.47. The highest BCUT2D eigenvalue weighted by Crippen LogP contribution is 2.21.